The van der Waals surface area contributed by atoms with Crippen LogP contribution in [0, 0.1) is 0 Å². The lowest BCUT2D eigenvalue weighted by molar-refractivity contribution is -0.150. The summed E-state index contributed by atoms with van der Waals surface area (Å²) in [6.45, 7) is 4.51. The number of carbonyl (C=O) groups excluding carboxylic acids is 1. The molecule has 282 valence electrons. The number of allylic oxidation sites excluding steroid dienone is 4. The molecule has 48 heavy (non-hydrogen) atoms. The van der Waals surface area contributed by atoms with Crippen molar-refractivity contribution >= 4 is 11.9 Å². The normalized spacial score (nSPS) is 12.4. The fraction of sp³-hybridized carbons (Fsp3) is 0.864. The Morgan fingerprint density at radius 1 is 0.458 bits per heavy atom. The zero-order valence-corrected chi connectivity index (χ0v) is 32.3. The molecule has 1 unspecified atom stereocenters. The predicted octanol–water partition coefficient (Wildman–Crippen LogP) is 14.8. The van der Waals surface area contributed by atoms with Crippen molar-refractivity contribution in [3.8, 4) is 0 Å². The quantitative estimate of drug-likeness (QED) is 0.0400. The lowest BCUT2D eigenvalue weighted by Gasteiger charge is -2.18. The highest BCUT2D eigenvalue weighted by Gasteiger charge is 2.14. The van der Waals surface area contributed by atoms with Gasteiger partial charge in [0, 0.05) is 12.8 Å². The Hall–Kier alpha value is -1.58. The fourth-order valence-corrected chi connectivity index (χ4v) is 6.51. The molecule has 0 aliphatic rings. The van der Waals surface area contributed by atoms with Crippen LogP contribution >= 0.6 is 0 Å². The van der Waals surface area contributed by atoms with Crippen LogP contribution in [0.3, 0.4) is 0 Å². The van der Waals surface area contributed by atoms with Gasteiger partial charge in [0.05, 0.1) is 0 Å². The highest BCUT2D eigenvalue weighted by atomic mass is 16.5. The van der Waals surface area contributed by atoms with Gasteiger partial charge < -0.3 is 9.84 Å². The fourth-order valence-electron chi connectivity index (χ4n) is 6.51. The summed E-state index contributed by atoms with van der Waals surface area (Å²) in [7, 11) is 0. The van der Waals surface area contributed by atoms with E-state index in [-0.39, 0.29) is 12.1 Å². The lowest BCUT2D eigenvalue weighted by atomic mass is 10.0. The number of hydrogen-bond donors (Lipinski definition) is 1. The maximum Gasteiger partial charge on any atom is 0.306 e. The third kappa shape index (κ3) is 38.9. The topological polar surface area (TPSA) is 63.6 Å². The second-order valence-electron chi connectivity index (χ2n) is 14.5. The summed E-state index contributed by atoms with van der Waals surface area (Å²) in [6.07, 6.45) is 50.9. The molecule has 0 spiro atoms. The van der Waals surface area contributed by atoms with Gasteiger partial charge in [0.2, 0.25) is 0 Å². The molecule has 0 amide bonds. The highest BCUT2D eigenvalue weighted by Crippen LogP contribution is 2.19. The van der Waals surface area contributed by atoms with Gasteiger partial charge in [-0.25, -0.2) is 0 Å². The van der Waals surface area contributed by atoms with Crippen molar-refractivity contribution in [2.75, 3.05) is 0 Å². The predicted molar refractivity (Wildman–Crippen MR) is 209 cm³/mol. The maximum absolute atomic E-state index is 12.6. The first-order chi connectivity index (χ1) is 23.6. The number of aliphatic carboxylic acids is 1. The first-order valence-electron chi connectivity index (χ1n) is 21.3. The highest BCUT2D eigenvalue weighted by molar-refractivity contribution is 5.69. The Morgan fingerprint density at radius 3 is 1.27 bits per heavy atom. The smallest absolute Gasteiger partial charge is 0.306 e. The van der Waals surface area contributed by atoms with Crippen molar-refractivity contribution < 1.29 is 19.4 Å². The Balaban J connectivity index is 3.73. The van der Waals surface area contributed by atoms with Crippen molar-refractivity contribution in [3.63, 3.8) is 0 Å². The molecule has 1 atom stereocenters. The van der Waals surface area contributed by atoms with E-state index in [1.54, 1.807) is 0 Å². The molecule has 0 radical (unpaired) electrons. The molecule has 0 aromatic carbocycles. The third-order valence-electron chi connectivity index (χ3n) is 9.68. The average molecular weight is 675 g/mol. The molecular formula is C44H82O4. The number of rotatable bonds is 39. The number of carbonyl (C=O) groups is 2. The molecular weight excluding hydrogens is 592 g/mol. The summed E-state index contributed by atoms with van der Waals surface area (Å²) in [4.78, 5) is 23.2. The molecule has 0 fully saturated rings. The molecule has 0 aliphatic carbocycles. The Bertz CT molecular complexity index is 727. The van der Waals surface area contributed by atoms with Crippen molar-refractivity contribution in [1.29, 1.82) is 0 Å². The minimum Gasteiger partial charge on any atom is -0.481 e. The molecule has 0 aromatic rings. The first kappa shape index (κ1) is 46.4. The van der Waals surface area contributed by atoms with E-state index >= 15 is 0 Å². The Morgan fingerprint density at radius 2 is 0.812 bits per heavy atom. The SMILES string of the molecule is CCCCC/C=C\C/C=C\CCCCCCCCCCCCCC(=O)OC(CCCCCC)CCCCCCCCCCCCC(=O)O. The largest absolute Gasteiger partial charge is 0.481 e. The average Bonchev–Trinajstić information content (AvgIpc) is 3.07. The molecule has 0 heterocycles. The zero-order chi connectivity index (χ0) is 35.0. The summed E-state index contributed by atoms with van der Waals surface area (Å²) in [5.41, 5.74) is 0. The van der Waals surface area contributed by atoms with Crippen LogP contribution in [0.2, 0.25) is 0 Å². The van der Waals surface area contributed by atoms with E-state index in [9.17, 15) is 9.59 Å². The van der Waals surface area contributed by atoms with Crippen LogP contribution in [0.1, 0.15) is 239 Å². The number of esters is 1. The maximum atomic E-state index is 12.6. The molecule has 0 saturated carbocycles. The summed E-state index contributed by atoms with van der Waals surface area (Å²) < 4.78 is 6.00. The summed E-state index contributed by atoms with van der Waals surface area (Å²) >= 11 is 0. The van der Waals surface area contributed by atoms with E-state index in [2.05, 4.69) is 38.2 Å². The van der Waals surface area contributed by atoms with Crippen molar-refractivity contribution in [3.05, 3.63) is 24.3 Å². The summed E-state index contributed by atoms with van der Waals surface area (Å²) in [5, 5.41) is 8.71. The molecule has 0 rings (SSSR count). The van der Waals surface area contributed by atoms with Crippen LogP contribution in [0.5, 0.6) is 0 Å². The van der Waals surface area contributed by atoms with E-state index < -0.39 is 5.97 Å². The minimum absolute atomic E-state index is 0.0315. The number of carboxylic acid groups (broad SMARTS) is 1. The third-order valence-corrected chi connectivity index (χ3v) is 9.68. The minimum atomic E-state index is -0.674. The molecule has 0 aliphatic heterocycles. The van der Waals surface area contributed by atoms with Gasteiger partial charge in [0.15, 0.2) is 0 Å². The van der Waals surface area contributed by atoms with Gasteiger partial charge >= 0.3 is 11.9 Å². The van der Waals surface area contributed by atoms with E-state index in [4.69, 9.17) is 9.84 Å². The van der Waals surface area contributed by atoms with Gasteiger partial charge in [-0.2, -0.15) is 0 Å². The van der Waals surface area contributed by atoms with Crippen molar-refractivity contribution in [2.24, 2.45) is 0 Å². The van der Waals surface area contributed by atoms with Crippen LogP contribution in [0.25, 0.3) is 0 Å². The Labute approximate surface area is 299 Å². The van der Waals surface area contributed by atoms with Gasteiger partial charge in [-0.1, -0.05) is 179 Å². The van der Waals surface area contributed by atoms with Gasteiger partial charge in [-0.3, -0.25) is 9.59 Å². The standard InChI is InChI=1S/C44H82O4/c1-3-5-7-9-10-11-12-13-14-15-16-17-18-19-20-21-22-27-30-33-37-41-44(47)48-42(38-34-8-6-4-2)39-35-31-28-25-23-24-26-29-32-36-40-43(45)46/h10-11,13-14,42H,3-9,12,15-41H2,1-2H3,(H,45,46)/b11-10-,14-13-. The number of ether oxygens (including phenoxy) is 1. The number of unbranched alkanes of at least 4 members (excludes halogenated alkanes) is 26. The van der Waals surface area contributed by atoms with E-state index in [1.165, 1.54) is 154 Å². The van der Waals surface area contributed by atoms with E-state index in [0.717, 1.165) is 57.8 Å². The zero-order valence-electron chi connectivity index (χ0n) is 32.3. The lowest BCUT2D eigenvalue weighted by Crippen LogP contribution is -2.18. The molecule has 4 nitrogen and oxygen atoms in total. The van der Waals surface area contributed by atoms with Crippen LogP contribution in [-0.2, 0) is 14.3 Å². The van der Waals surface area contributed by atoms with Gasteiger partial charge in [0.1, 0.15) is 6.10 Å². The molecule has 4 heteroatoms. The number of hydrogen-bond acceptors (Lipinski definition) is 3. The van der Waals surface area contributed by atoms with Crippen molar-refractivity contribution in [2.45, 2.75) is 245 Å². The van der Waals surface area contributed by atoms with E-state index in [1.807, 2.05) is 0 Å². The van der Waals surface area contributed by atoms with Gasteiger partial charge in [-0.05, 0) is 70.6 Å². The second-order valence-corrected chi connectivity index (χ2v) is 14.5. The molecule has 0 bridgehead atoms. The van der Waals surface area contributed by atoms with Gasteiger partial charge in [-0.15, -0.1) is 0 Å². The van der Waals surface area contributed by atoms with Crippen LogP contribution < -0.4 is 0 Å². The second kappa shape index (κ2) is 39.9. The van der Waals surface area contributed by atoms with Crippen molar-refractivity contribution in [1.82, 2.24) is 0 Å². The van der Waals surface area contributed by atoms with Crippen LogP contribution in [-0.4, -0.2) is 23.1 Å². The molecule has 0 aromatic heterocycles. The molecule has 1 N–H and O–H groups in total. The molecule has 0 saturated heterocycles. The number of carboxylic acids is 1. The Kier molecular flexibility index (Phi) is 38.5. The summed E-state index contributed by atoms with van der Waals surface area (Å²) in [5.74, 6) is -0.643. The first-order valence-corrected chi connectivity index (χ1v) is 21.3. The summed E-state index contributed by atoms with van der Waals surface area (Å²) in [6, 6.07) is 0. The van der Waals surface area contributed by atoms with Crippen LogP contribution in [0.15, 0.2) is 24.3 Å². The monoisotopic (exact) mass is 675 g/mol. The van der Waals surface area contributed by atoms with E-state index in [0.29, 0.717) is 12.8 Å². The van der Waals surface area contributed by atoms with Crippen LogP contribution in [0.4, 0.5) is 0 Å². The van der Waals surface area contributed by atoms with Gasteiger partial charge in [0.25, 0.3) is 0 Å².